The molecular weight excluding hydrogens is 878 g/mol. The van der Waals surface area contributed by atoms with E-state index in [2.05, 4.69) is 89.7 Å². The van der Waals surface area contributed by atoms with Gasteiger partial charge in [0.1, 0.15) is 12.7 Å². The Morgan fingerprint density at radius 1 is 0.508 bits per heavy atom. The molecule has 0 aliphatic heterocycles. The second-order valence-electron chi connectivity index (χ2n) is 14.9. The molecule has 65 heavy (non-hydrogen) atoms. The predicted molar refractivity (Wildman–Crippen MR) is 255 cm³/mol. The highest BCUT2D eigenvalue weighted by Gasteiger charge is 2.28. The van der Waals surface area contributed by atoms with Crippen LogP contribution in [0.2, 0.25) is 0 Å². The first-order valence-electron chi connectivity index (χ1n) is 22.7. The van der Waals surface area contributed by atoms with Crippen LogP contribution < -0.4 is 0 Å². The minimum Gasteiger partial charge on any atom is -0.462 e. The monoisotopic (exact) mass is 956 g/mol. The molecule has 15 nitrogen and oxygen atoms in total. The zero-order valence-electron chi connectivity index (χ0n) is 38.5. The number of unbranched alkanes of at least 4 members (excludes halogenated alkanes) is 3. The van der Waals surface area contributed by atoms with Gasteiger partial charge in [-0.3, -0.25) is 23.2 Å². The molecule has 0 amide bonds. The van der Waals surface area contributed by atoms with E-state index < -0.39 is 78.4 Å². The van der Waals surface area contributed by atoms with Crippen molar-refractivity contribution >= 4 is 27.6 Å². The van der Waals surface area contributed by atoms with E-state index >= 15 is 0 Å². The maximum atomic E-state index is 12.7. The standard InChI is InChI=1S/C48H78O15P2/c1-3-5-7-9-11-13-15-17-18-19-20-21-22-23-25-27-29-31-33-37-47(52)59-41-44(42-62-65(57,58)61-40-43(49)39-60-64(54,55)56)63-48(53)38-34-36-46(51)45(50)35-32-30-28-26-24-16-14-12-10-8-6-4-2/h6,8,11-14,17-18,20-21,23-26,29-32,43-46,49-51H,3-5,7,9-10,15-16,19,22,27-28,33-42H2,1-2H3,(H,57,58)(H2,54,55,56)/b8-6-,13-11-,14-12-,18-17-,21-20-,25-23-,26-24-,31-29-,32-30-/t43-,44+,45+,46+/m0/s1. The van der Waals surface area contributed by atoms with Crippen molar-refractivity contribution in [2.75, 3.05) is 26.4 Å². The molecule has 5 atom stereocenters. The molecule has 0 spiro atoms. The summed E-state index contributed by atoms with van der Waals surface area (Å²) in [5, 5.41) is 30.5. The van der Waals surface area contributed by atoms with Gasteiger partial charge in [-0.15, -0.1) is 0 Å². The molecule has 0 saturated carbocycles. The van der Waals surface area contributed by atoms with Gasteiger partial charge in [-0.1, -0.05) is 136 Å². The second kappa shape index (κ2) is 42.1. The summed E-state index contributed by atoms with van der Waals surface area (Å²) in [6.07, 6.45) is 44.0. The normalized spacial score (nSPS) is 15.9. The summed E-state index contributed by atoms with van der Waals surface area (Å²) in [4.78, 5) is 52.8. The number of hydrogen-bond acceptors (Lipinski definition) is 12. The van der Waals surface area contributed by atoms with Crippen molar-refractivity contribution in [1.82, 2.24) is 0 Å². The van der Waals surface area contributed by atoms with Gasteiger partial charge in [0.25, 0.3) is 0 Å². The largest absolute Gasteiger partial charge is 0.472 e. The minimum absolute atomic E-state index is 0.00391. The van der Waals surface area contributed by atoms with Crippen LogP contribution in [0.3, 0.4) is 0 Å². The smallest absolute Gasteiger partial charge is 0.462 e. The van der Waals surface area contributed by atoms with Crippen LogP contribution in [0.15, 0.2) is 109 Å². The molecular formula is C48H78O15P2. The van der Waals surface area contributed by atoms with Gasteiger partial charge in [0, 0.05) is 12.8 Å². The lowest BCUT2D eigenvalue weighted by molar-refractivity contribution is -0.161. The molecule has 0 fully saturated rings. The highest BCUT2D eigenvalue weighted by Crippen LogP contribution is 2.43. The Kier molecular flexibility index (Phi) is 39.9. The molecule has 0 heterocycles. The molecule has 0 bridgehead atoms. The number of phosphoric acid groups is 2. The van der Waals surface area contributed by atoms with Gasteiger partial charge < -0.3 is 39.5 Å². The third-order valence-electron chi connectivity index (χ3n) is 8.85. The average molecular weight is 957 g/mol. The zero-order chi connectivity index (χ0) is 48.3. The lowest BCUT2D eigenvalue weighted by Crippen LogP contribution is -2.30. The summed E-state index contributed by atoms with van der Waals surface area (Å²) >= 11 is 0. The Labute approximate surface area is 387 Å². The molecule has 0 rings (SSSR count). The molecule has 0 aromatic heterocycles. The number of phosphoric ester groups is 2. The molecule has 1 unspecified atom stereocenters. The number of aliphatic hydroxyl groups is 3. The van der Waals surface area contributed by atoms with Crippen molar-refractivity contribution < 1.29 is 71.8 Å². The third-order valence-corrected chi connectivity index (χ3v) is 10.3. The fourth-order valence-corrected chi connectivity index (χ4v) is 6.45. The van der Waals surface area contributed by atoms with Crippen molar-refractivity contribution in [2.24, 2.45) is 0 Å². The Morgan fingerprint density at radius 2 is 0.985 bits per heavy atom. The van der Waals surface area contributed by atoms with Gasteiger partial charge in [-0.2, -0.15) is 0 Å². The van der Waals surface area contributed by atoms with Gasteiger partial charge in [0.05, 0.1) is 32.0 Å². The number of esters is 2. The summed E-state index contributed by atoms with van der Waals surface area (Å²) in [7, 11) is -9.83. The topological polar surface area (TPSA) is 236 Å². The Morgan fingerprint density at radius 3 is 1.51 bits per heavy atom. The van der Waals surface area contributed by atoms with E-state index in [1.807, 2.05) is 36.5 Å². The number of hydrogen-bond donors (Lipinski definition) is 6. The predicted octanol–water partition coefficient (Wildman–Crippen LogP) is 9.83. The van der Waals surface area contributed by atoms with Gasteiger partial charge >= 0.3 is 27.6 Å². The van der Waals surface area contributed by atoms with E-state index in [-0.39, 0.29) is 32.1 Å². The van der Waals surface area contributed by atoms with Crippen molar-refractivity contribution in [3.05, 3.63) is 109 Å². The molecule has 0 aromatic carbocycles. The summed E-state index contributed by atoms with van der Waals surface area (Å²) in [6, 6.07) is 0. The molecule has 0 aliphatic rings. The second-order valence-corrected chi connectivity index (χ2v) is 17.6. The number of allylic oxidation sites excluding steroid dienone is 17. The molecule has 0 saturated heterocycles. The maximum Gasteiger partial charge on any atom is 0.472 e. The number of carbonyl (C=O) groups is 2. The molecule has 370 valence electrons. The highest BCUT2D eigenvalue weighted by molar-refractivity contribution is 7.47. The van der Waals surface area contributed by atoms with E-state index in [4.69, 9.17) is 23.8 Å². The summed E-state index contributed by atoms with van der Waals surface area (Å²) < 4.78 is 47.5. The van der Waals surface area contributed by atoms with Gasteiger partial charge in [0.2, 0.25) is 0 Å². The molecule has 6 N–H and O–H groups in total. The number of ether oxygens (including phenoxy) is 2. The number of aliphatic hydroxyl groups excluding tert-OH is 3. The third kappa shape index (κ3) is 44.3. The van der Waals surface area contributed by atoms with Gasteiger partial charge in [-0.05, 0) is 89.9 Å². The lowest BCUT2D eigenvalue weighted by atomic mass is 10.0. The van der Waals surface area contributed by atoms with Crippen LogP contribution in [-0.2, 0) is 41.8 Å². The van der Waals surface area contributed by atoms with Crippen LogP contribution in [0.25, 0.3) is 0 Å². The Bertz CT molecular complexity index is 1590. The van der Waals surface area contributed by atoms with Crippen molar-refractivity contribution in [3.8, 4) is 0 Å². The first-order chi connectivity index (χ1) is 31.2. The van der Waals surface area contributed by atoms with Crippen molar-refractivity contribution in [1.29, 1.82) is 0 Å². The van der Waals surface area contributed by atoms with Crippen LogP contribution in [0.4, 0.5) is 0 Å². The summed E-state index contributed by atoms with van der Waals surface area (Å²) in [5.41, 5.74) is 0. The zero-order valence-corrected chi connectivity index (χ0v) is 40.3. The van der Waals surface area contributed by atoms with Crippen LogP contribution in [-0.4, -0.2) is 92.8 Å². The fraction of sp³-hybridized carbons (Fsp3) is 0.583. The molecule has 17 heteroatoms. The summed E-state index contributed by atoms with van der Waals surface area (Å²) in [5.74, 6) is -1.43. The van der Waals surface area contributed by atoms with Crippen molar-refractivity contribution in [2.45, 2.75) is 154 Å². The average Bonchev–Trinajstić information content (AvgIpc) is 3.26. The van der Waals surface area contributed by atoms with Gasteiger partial charge in [0.15, 0.2) is 6.10 Å². The Balaban J connectivity index is 4.86. The van der Waals surface area contributed by atoms with Crippen LogP contribution in [0, 0.1) is 0 Å². The molecule has 0 radical (unpaired) electrons. The number of rotatable bonds is 41. The lowest BCUT2D eigenvalue weighted by Gasteiger charge is -2.21. The van der Waals surface area contributed by atoms with E-state index in [1.54, 1.807) is 6.08 Å². The first kappa shape index (κ1) is 61.7. The minimum atomic E-state index is -4.92. The highest BCUT2D eigenvalue weighted by atomic mass is 31.2. The van der Waals surface area contributed by atoms with E-state index in [0.29, 0.717) is 19.3 Å². The van der Waals surface area contributed by atoms with E-state index in [9.17, 15) is 38.9 Å². The van der Waals surface area contributed by atoms with Crippen LogP contribution in [0.5, 0.6) is 0 Å². The fourth-order valence-electron chi connectivity index (χ4n) is 5.30. The summed E-state index contributed by atoms with van der Waals surface area (Å²) in [6.45, 7) is 1.18. The van der Waals surface area contributed by atoms with E-state index in [1.165, 1.54) is 19.3 Å². The Hall–Kier alpha value is -3.30. The quantitative estimate of drug-likeness (QED) is 0.0145. The van der Waals surface area contributed by atoms with Crippen molar-refractivity contribution in [3.63, 3.8) is 0 Å². The molecule has 0 aromatic rings. The van der Waals surface area contributed by atoms with Crippen LogP contribution in [0.1, 0.15) is 129 Å². The molecule has 0 aliphatic carbocycles. The van der Waals surface area contributed by atoms with Gasteiger partial charge in [-0.25, -0.2) is 9.13 Å². The maximum absolute atomic E-state index is 12.7. The van der Waals surface area contributed by atoms with E-state index in [0.717, 1.165) is 44.9 Å². The number of carbonyl (C=O) groups excluding carboxylic acids is 2. The van der Waals surface area contributed by atoms with Crippen LogP contribution >= 0.6 is 15.6 Å². The SMILES string of the molecule is CC/C=C\C/C=C\C/C=C\C/C=C\C[C@@H](O)[C@H](O)CCCC(=O)O[C@H](COC(=O)CC/C=C\C/C=C\C/C=C\C/C=C\C/C=C\CCCCC)COP(=O)(O)OC[C@@H](O)COP(=O)(O)O. The first-order valence-corrected chi connectivity index (χ1v) is 25.8.